The summed E-state index contributed by atoms with van der Waals surface area (Å²) in [5.41, 5.74) is 5.16. The third-order valence-corrected chi connectivity index (χ3v) is 2.91. The number of carbonyl (C=O) groups is 2. The summed E-state index contributed by atoms with van der Waals surface area (Å²) >= 11 is 1.05. The van der Waals surface area contributed by atoms with Crippen LogP contribution in [0.25, 0.3) is 0 Å². The quantitative estimate of drug-likeness (QED) is 0.641. The van der Waals surface area contributed by atoms with Crippen LogP contribution < -0.4 is 5.73 Å². The molecule has 0 aromatic carbocycles. The van der Waals surface area contributed by atoms with Gasteiger partial charge >= 0.3 is 11.9 Å². The van der Waals surface area contributed by atoms with E-state index in [4.69, 9.17) is 15.6 Å². The lowest BCUT2D eigenvalue weighted by Gasteiger charge is -2.19. The first kappa shape index (κ1) is 15.3. The molecule has 0 aliphatic rings. The van der Waals surface area contributed by atoms with E-state index in [0.29, 0.717) is 5.03 Å². The number of carboxylic acid groups (broad SMARTS) is 1. The number of anilines is 1. The van der Waals surface area contributed by atoms with Crippen LogP contribution in [0, 0.1) is 0 Å². The first-order chi connectivity index (χ1) is 8.70. The molecule has 1 heterocycles. The van der Waals surface area contributed by atoms with Gasteiger partial charge in [0.2, 0.25) is 0 Å². The average Bonchev–Trinajstić information content (AvgIpc) is 2.24. The molecule has 3 N–H and O–H groups in total. The van der Waals surface area contributed by atoms with Crippen molar-refractivity contribution in [3.63, 3.8) is 0 Å². The Morgan fingerprint density at radius 1 is 1.47 bits per heavy atom. The summed E-state index contributed by atoms with van der Waals surface area (Å²) in [4.78, 5) is 26.4. The van der Waals surface area contributed by atoms with E-state index in [1.165, 1.54) is 12.3 Å². The summed E-state index contributed by atoms with van der Waals surface area (Å²) in [5, 5.41) is 9.22. The normalized spacial score (nSPS) is 11.1. The summed E-state index contributed by atoms with van der Waals surface area (Å²) < 4.78 is 5.13. The third-order valence-electron chi connectivity index (χ3n) is 1.93. The van der Waals surface area contributed by atoms with Gasteiger partial charge in [-0.15, -0.1) is 0 Å². The van der Waals surface area contributed by atoms with Crippen LogP contribution in [0.4, 0.5) is 5.69 Å². The smallest absolute Gasteiger partial charge is 0.337 e. The Labute approximate surface area is 115 Å². The molecular formula is C12H16N2O4S. The fraction of sp³-hybridized carbons (Fsp3) is 0.417. The van der Waals surface area contributed by atoms with Gasteiger partial charge in [0.1, 0.15) is 10.6 Å². The second-order valence-electron chi connectivity index (χ2n) is 4.76. The van der Waals surface area contributed by atoms with Gasteiger partial charge < -0.3 is 15.6 Å². The fourth-order valence-corrected chi connectivity index (χ4v) is 1.97. The minimum Gasteiger partial charge on any atom is -0.478 e. The summed E-state index contributed by atoms with van der Waals surface area (Å²) in [5.74, 6) is -1.50. The van der Waals surface area contributed by atoms with Crippen molar-refractivity contribution in [2.75, 3.05) is 11.5 Å². The van der Waals surface area contributed by atoms with Crippen LogP contribution in [0.3, 0.4) is 0 Å². The number of pyridine rings is 1. The number of nitrogens with zero attached hydrogens (tertiary/aromatic N) is 1. The Hall–Kier alpha value is -1.76. The fourth-order valence-electron chi connectivity index (χ4n) is 1.25. The molecule has 1 aromatic heterocycles. The second-order valence-corrected chi connectivity index (χ2v) is 5.72. The molecule has 7 heteroatoms. The van der Waals surface area contributed by atoms with Crippen molar-refractivity contribution in [2.24, 2.45) is 0 Å². The van der Waals surface area contributed by atoms with E-state index >= 15 is 0 Å². The number of rotatable bonds is 4. The van der Waals surface area contributed by atoms with Crippen molar-refractivity contribution >= 4 is 29.4 Å². The number of esters is 1. The molecule has 0 aliphatic carbocycles. The zero-order valence-corrected chi connectivity index (χ0v) is 11.8. The van der Waals surface area contributed by atoms with Gasteiger partial charge in [-0.25, -0.2) is 9.78 Å². The summed E-state index contributed by atoms with van der Waals surface area (Å²) in [6, 6.07) is 1.31. The molecule has 0 saturated carbocycles. The molecule has 0 radical (unpaired) electrons. The summed E-state index contributed by atoms with van der Waals surface area (Å²) in [7, 11) is 0. The maximum atomic E-state index is 11.5. The van der Waals surface area contributed by atoms with Gasteiger partial charge in [-0.1, -0.05) is 11.8 Å². The lowest BCUT2D eigenvalue weighted by molar-refractivity contribution is -0.151. The van der Waals surface area contributed by atoms with Gasteiger partial charge in [-0.2, -0.15) is 0 Å². The van der Waals surface area contributed by atoms with Crippen molar-refractivity contribution in [1.29, 1.82) is 0 Å². The molecule has 0 fully saturated rings. The first-order valence-electron chi connectivity index (χ1n) is 5.53. The number of nitrogens with two attached hydrogens (primary N) is 1. The Bertz CT molecular complexity index is 497. The zero-order valence-electron chi connectivity index (χ0n) is 11.0. The van der Waals surface area contributed by atoms with E-state index < -0.39 is 17.5 Å². The molecule has 104 valence electrons. The molecule has 0 atom stereocenters. The zero-order chi connectivity index (χ0) is 14.6. The van der Waals surface area contributed by atoms with Crippen LogP contribution in [-0.2, 0) is 9.53 Å². The monoisotopic (exact) mass is 284 g/mol. The SMILES string of the molecule is CC(C)(C)OC(=O)CSc1nccc(C(=O)O)c1N. The number of hydrogen-bond donors (Lipinski definition) is 2. The van der Waals surface area contributed by atoms with Crippen molar-refractivity contribution < 1.29 is 19.4 Å². The van der Waals surface area contributed by atoms with Crippen LogP contribution >= 0.6 is 11.8 Å². The molecule has 0 aliphatic heterocycles. The standard InChI is InChI=1S/C12H16N2O4S/c1-12(2,3)18-8(15)6-19-10-9(13)7(11(16)17)4-5-14-10/h4-5H,6,13H2,1-3H3,(H,16,17). The number of aromatic nitrogens is 1. The maximum absolute atomic E-state index is 11.5. The van der Waals surface area contributed by atoms with Crippen LogP contribution in [0.1, 0.15) is 31.1 Å². The lowest BCUT2D eigenvalue weighted by atomic mass is 10.2. The minimum atomic E-state index is -1.13. The van der Waals surface area contributed by atoms with Crippen LogP contribution in [0.15, 0.2) is 17.3 Å². The average molecular weight is 284 g/mol. The van der Waals surface area contributed by atoms with Crippen LogP contribution in [-0.4, -0.2) is 33.4 Å². The van der Waals surface area contributed by atoms with Crippen LogP contribution in [0.2, 0.25) is 0 Å². The van der Waals surface area contributed by atoms with E-state index in [9.17, 15) is 9.59 Å². The molecule has 19 heavy (non-hydrogen) atoms. The highest BCUT2D eigenvalue weighted by Gasteiger charge is 2.18. The van der Waals surface area contributed by atoms with Crippen molar-refractivity contribution in [3.8, 4) is 0 Å². The molecule has 1 aromatic rings. The van der Waals surface area contributed by atoms with E-state index in [1.807, 2.05) is 0 Å². The van der Waals surface area contributed by atoms with Gasteiger partial charge in [-0.3, -0.25) is 4.79 Å². The number of carboxylic acids is 1. The number of hydrogen-bond acceptors (Lipinski definition) is 6. The molecule has 6 nitrogen and oxygen atoms in total. The number of ether oxygens (including phenoxy) is 1. The second kappa shape index (κ2) is 5.92. The molecule has 0 spiro atoms. The van der Waals surface area contributed by atoms with Gasteiger partial charge in [0, 0.05) is 6.20 Å². The Kier molecular flexibility index (Phi) is 4.77. The van der Waals surface area contributed by atoms with Crippen molar-refractivity contribution in [2.45, 2.75) is 31.4 Å². The van der Waals surface area contributed by atoms with Crippen molar-refractivity contribution in [3.05, 3.63) is 17.8 Å². The van der Waals surface area contributed by atoms with E-state index in [0.717, 1.165) is 11.8 Å². The topological polar surface area (TPSA) is 103 Å². The predicted octanol–water partition coefficient (Wildman–Crippen LogP) is 1.80. The highest BCUT2D eigenvalue weighted by atomic mass is 32.2. The molecule has 0 unspecified atom stereocenters. The minimum absolute atomic E-state index is 0.0253. The Morgan fingerprint density at radius 3 is 2.63 bits per heavy atom. The highest BCUT2D eigenvalue weighted by molar-refractivity contribution is 8.00. The van der Waals surface area contributed by atoms with Crippen molar-refractivity contribution in [1.82, 2.24) is 4.98 Å². The number of carbonyl (C=O) groups excluding carboxylic acids is 1. The first-order valence-corrected chi connectivity index (χ1v) is 6.51. The largest absolute Gasteiger partial charge is 0.478 e. The van der Waals surface area contributed by atoms with Gasteiger partial charge in [0.15, 0.2) is 0 Å². The lowest BCUT2D eigenvalue weighted by Crippen LogP contribution is -2.25. The molecule has 1 rings (SSSR count). The van der Waals surface area contributed by atoms with E-state index in [1.54, 1.807) is 20.8 Å². The Balaban J connectivity index is 2.71. The van der Waals surface area contributed by atoms with Crippen LogP contribution in [0.5, 0.6) is 0 Å². The van der Waals surface area contributed by atoms with Gasteiger partial charge in [-0.05, 0) is 26.8 Å². The van der Waals surface area contributed by atoms with E-state index in [2.05, 4.69) is 4.98 Å². The highest BCUT2D eigenvalue weighted by Crippen LogP contribution is 2.25. The maximum Gasteiger partial charge on any atom is 0.337 e. The number of thioether (sulfide) groups is 1. The molecular weight excluding hydrogens is 268 g/mol. The van der Waals surface area contributed by atoms with Gasteiger partial charge in [0.25, 0.3) is 0 Å². The summed E-state index contributed by atoms with van der Waals surface area (Å²) in [6.07, 6.45) is 1.34. The summed E-state index contributed by atoms with van der Waals surface area (Å²) in [6.45, 7) is 5.31. The molecule has 0 bridgehead atoms. The predicted molar refractivity (Wildman–Crippen MR) is 72.2 cm³/mol. The molecule has 0 amide bonds. The number of aromatic carboxylic acids is 1. The van der Waals surface area contributed by atoms with E-state index in [-0.39, 0.29) is 17.0 Å². The Morgan fingerprint density at radius 2 is 2.11 bits per heavy atom. The van der Waals surface area contributed by atoms with Gasteiger partial charge in [0.05, 0.1) is 17.0 Å². The number of nitrogen functional groups attached to an aromatic ring is 1. The third kappa shape index (κ3) is 4.78. The molecule has 0 saturated heterocycles.